The Kier molecular flexibility index (Phi) is 18.0. The van der Waals surface area contributed by atoms with Gasteiger partial charge in [-0.25, -0.2) is 4.79 Å². The van der Waals surface area contributed by atoms with E-state index in [1.54, 1.807) is 71.9 Å². The summed E-state index contributed by atoms with van der Waals surface area (Å²) in [4.78, 5) is 67.7. The summed E-state index contributed by atoms with van der Waals surface area (Å²) in [7, 11) is -20.3. The zero-order chi connectivity index (χ0) is 66.2. The number of nitrogens with zero attached hydrogens (tertiary/aromatic N) is 3. The monoisotopic (exact) mass is 1320 g/mol. The highest BCUT2D eigenvalue weighted by atomic mass is 32.2. The summed E-state index contributed by atoms with van der Waals surface area (Å²) < 4.78 is 152. The number of amides is 4. The second-order valence-electron chi connectivity index (χ2n) is 24.1. The number of aromatic hydroxyl groups is 1. The number of rotatable bonds is 21. The van der Waals surface area contributed by atoms with Crippen LogP contribution in [0.1, 0.15) is 126 Å². The fourth-order valence-electron chi connectivity index (χ4n) is 12.7. The predicted octanol–water partition coefficient (Wildman–Crippen LogP) is 7.19. The van der Waals surface area contributed by atoms with Gasteiger partial charge in [0.15, 0.2) is 11.3 Å². The third-order valence-corrected chi connectivity index (χ3v) is 20.9. The predicted molar refractivity (Wildman–Crippen MR) is 328 cm³/mol. The number of phenolic OH excluding ortho intramolecular Hbond substituents is 1. The number of carbonyl (C=O) groups is 5. The fourth-order valence-corrected chi connectivity index (χ4v) is 15.4. The molecule has 9 rings (SSSR count). The fraction of sp³-hybridized carbons (Fsp3) is 0.410. The second kappa shape index (κ2) is 24.2. The van der Waals surface area contributed by atoms with E-state index in [2.05, 4.69) is 10.6 Å². The van der Waals surface area contributed by atoms with E-state index in [9.17, 15) is 81.0 Å². The van der Waals surface area contributed by atoms with Gasteiger partial charge < -0.3 is 30.2 Å². The van der Waals surface area contributed by atoms with Crippen molar-refractivity contribution in [1.82, 2.24) is 15.7 Å². The van der Waals surface area contributed by atoms with Gasteiger partial charge in [-0.15, -0.1) is 5.06 Å². The van der Waals surface area contributed by atoms with E-state index in [-0.39, 0.29) is 104 Å². The summed E-state index contributed by atoms with van der Waals surface area (Å²) in [5, 5.41) is 16.7. The molecule has 4 aliphatic rings. The molecule has 1 unspecified atom stereocenters. The zero-order valence-electron chi connectivity index (χ0n) is 50.6. The third kappa shape index (κ3) is 12.7. The standard InChI is InChI=1S/C61H69N5O20S4/c1-34-35(2)57-39(36(3)56(34)71)24-25-61(8,85-57)58(72)63-27-26-62-50(67)16-9-11-28-64-44-20-18-40-42(30-37(87(73,74)75)32-46(40)89(79,80)81)54(44)59(4,5)48(64)14-13-15-49-60(6,7)55-43-31-38(88(76,77)78)33-47(90(82,83)84)41(43)19-21-45(55)65(49)29-12-10-17-53(70)86-66-51(68)22-23-52(66)69/h13-15,18-21,30-33H,9-12,16-17,22-29H2,1-8H3,(H6-,62,63,67,71,72,73,74,75,76,77,78,79,80,81,82,83,84)/p+1. The number of imide groups is 1. The number of nitrogens with one attached hydrogen (secondary N) is 2. The minimum Gasteiger partial charge on any atom is -0.507 e. The first-order valence-electron chi connectivity index (χ1n) is 28.8. The molecular formula is C61H70N5O20S4+. The van der Waals surface area contributed by atoms with E-state index in [0.29, 0.717) is 93.7 Å². The second-order valence-corrected chi connectivity index (χ2v) is 29.8. The maximum Gasteiger partial charge on any atom is 0.333 e. The average molecular weight is 1320 g/mol. The van der Waals surface area contributed by atoms with Crippen LogP contribution in [0.4, 0.5) is 11.4 Å². The molecule has 4 heterocycles. The Morgan fingerprint density at radius 1 is 0.667 bits per heavy atom. The molecule has 1 saturated heterocycles. The highest BCUT2D eigenvalue weighted by molar-refractivity contribution is 7.87. The van der Waals surface area contributed by atoms with Crippen molar-refractivity contribution in [2.75, 3.05) is 31.1 Å². The summed E-state index contributed by atoms with van der Waals surface area (Å²) in [6.45, 7) is 14.8. The number of carbonyl (C=O) groups excluding carboxylic acids is 5. The highest BCUT2D eigenvalue weighted by Gasteiger charge is 2.48. The van der Waals surface area contributed by atoms with Crippen molar-refractivity contribution in [3.05, 3.63) is 106 Å². The molecule has 0 aliphatic carbocycles. The van der Waals surface area contributed by atoms with E-state index >= 15 is 0 Å². The van der Waals surface area contributed by atoms with E-state index in [0.717, 1.165) is 23.3 Å². The Morgan fingerprint density at radius 3 is 1.82 bits per heavy atom. The van der Waals surface area contributed by atoms with Crippen molar-refractivity contribution in [3.63, 3.8) is 0 Å². The molecular weight excluding hydrogens is 1250 g/mol. The quantitative estimate of drug-likeness (QED) is 0.0165. The van der Waals surface area contributed by atoms with Gasteiger partial charge in [0.25, 0.3) is 58.2 Å². The van der Waals surface area contributed by atoms with E-state index < -0.39 is 94.3 Å². The highest BCUT2D eigenvalue weighted by Crippen LogP contribution is 2.53. The van der Waals surface area contributed by atoms with Crippen LogP contribution < -0.4 is 20.3 Å². The lowest BCUT2D eigenvalue weighted by Crippen LogP contribution is -2.52. The minimum absolute atomic E-state index is 0.0460. The Labute approximate surface area is 520 Å². The first kappa shape index (κ1) is 66.8. The summed E-state index contributed by atoms with van der Waals surface area (Å²) in [5.41, 5.74) is 2.24. The van der Waals surface area contributed by atoms with Gasteiger partial charge in [-0.2, -0.15) is 38.2 Å². The summed E-state index contributed by atoms with van der Waals surface area (Å²) >= 11 is 0. The first-order valence-corrected chi connectivity index (χ1v) is 34.6. The number of ether oxygens (including phenoxy) is 1. The first-order chi connectivity index (χ1) is 41.8. The molecule has 0 radical (unpaired) electrons. The number of fused-ring (bicyclic) bond motifs is 7. The molecule has 0 bridgehead atoms. The summed E-state index contributed by atoms with van der Waals surface area (Å²) in [6.07, 6.45) is 6.81. The number of unbranched alkanes of at least 4 members (excludes halogenated alkanes) is 2. The Balaban J connectivity index is 1.02. The van der Waals surface area contributed by atoms with E-state index in [1.807, 2.05) is 23.3 Å². The molecule has 0 saturated carbocycles. The number of phenols is 1. The number of benzene rings is 5. The molecule has 0 spiro atoms. The van der Waals surface area contributed by atoms with Gasteiger partial charge in [0.1, 0.15) is 27.8 Å². The van der Waals surface area contributed by atoms with Crippen LogP contribution in [0.25, 0.3) is 21.5 Å². The van der Waals surface area contributed by atoms with E-state index in [1.165, 1.54) is 12.1 Å². The lowest BCUT2D eigenvalue weighted by molar-refractivity contribution is -0.438. The van der Waals surface area contributed by atoms with Crippen molar-refractivity contribution in [2.45, 2.75) is 156 Å². The number of anilines is 1. The van der Waals surface area contributed by atoms with Crippen LogP contribution in [0.5, 0.6) is 11.5 Å². The molecule has 7 N–H and O–H groups in total. The van der Waals surface area contributed by atoms with Gasteiger partial charge >= 0.3 is 5.97 Å². The average Bonchev–Trinajstić information content (AvgIpc) is 1.51. The van der Waals surface area contributed by atoms with Gasteiger partial charge in [-0.3, -0.25) is 37.4 Å². The Hall–Kier alpha value is -7.64. The van der Waals surface area contributed by atoms with Crippen molar-refractivity contribution >= 4 is 109 Å². The van der Waals surface area contributed by atoms with Crippen LogP contribution in [-0.2, 0) is 86.5 Å². The number of allylic oxidation sites excluding steroid dienone is 4. The van der Waals surface area contributed by atoms with Crippen LogP contribution in [0, 0.1) is 20.8 Å². The maximum atomic E-state index is 13.5. The van der Waals surface area contributed by atoms with Crippen molar-refractivity contribution in [1.29, 1.82) is 0 Å². The van der Waals surface area contributed by atoms with Gasteiger partial charge in [0.05, 0.1) is 15.2 Å². The largest absolute Gasteiger partial charge is 0.507 e. The third-order valence-electron chi connectivity index (χ3n) is 17.4. The smallest absolute Gasteiger partial charge is 0.333 e. The number of hydrogen-bond donors (Lipinski definition) is 7. The molecule has 4 aliphatic heterocycles. The lowest BCUT2D eigenvalue weighted by Gasteiger charge is -2.36. The molecule has 4 amide bonds. The molecule has 29 heteroatoms. The minimum atomic E-state index is -5.10. The van der Waals surface area contributed by atoms with Crippen LogP contribution >= 0.6 is 0 Å². The van der Waals surface area contributed by atoms with Crippen molar-refractivity contribution in [2.24, 2.45) is 0 Å². The van der Waals surface area contributed by atoms with E-state index in [4.69, 9.17) is 9.57 Å². The Morgan fingerprint density at radius 2 is 1.23 bits per heavy atom. The maximum absolute atomic E-state index is 13.5. The topological polar surface area (TPSA) is 375 Å². The molecule has 5 aromatic carbocycles. The Bertz CT molecular complexity index is 4500. The number of hydrogen-bond acceptors (Lipinski definition) is 17. The van der Waals surface area contributed by atoms with Crippen LogP contribution in [0.15, 0.2) is 92.0 Å². The van der Waals surface area contributed by atoms with Gasteiger partial charge in [-0.1, -0.05) is 26.0 Å². The van der Waals surface area contributed by atoms with Gasteiger partial charge in [0.2, 0.25) is 11.6 Å². The molecule has 5 aromatic rings. The molecule has 0 aromatic heterocycles. The SMILES string of the molecule is Cc1c(C)c2c(c(C)c1O)CCC(C)(C(=O)NCCNC(=O)CCCCN1C(=CC=CC3=[N+](CCCCC(=O)ON4C(=O)CCC4=O)c4ccc5c(S(=O)(=O)O)cc(S(=O)(=O)O)cc5c4C3(C)C)C(C)(C)c3c1ccc1c(S(=O)(=O)O)cc(S(=O)(=O)O)cc31)O2. The van der Waals surface area contributed by atoms with Gasteiger partial charge in [0, 0.05) is 109 Å². The molecule has 25 nitrogen and oxygen atoms in total. The molecule has 1 atom stereocenters. The lowest BCUT2D eigenvalue weighted by atomic mass is 9.78. The normalized spacial score (nSPS) is 18.6. The zero-order valence-corrected chi connectivity index (χ0v) is 53.9. The van der Waals surface area contributed by atoms with Crippen LogP contribution in [-0.4, -0.2) is 134 Å². The summed E-state index contributed by atoms with van der Waals surface area (Å²) in [5.74, 6) is -2.05. The van der Waals surface area contributed by atoms with Crippen molar-refractivity contribution < 1.29 is 95.1 Å². The summed E-state index contributed by atoms with van der Waals surface area (Å²) in [6, 6.07) is 9.46. The molecule has 90 heavy (non-hydrogen) atoms. The number of hydroxylamine groups is 2. The van der Waals surface area contributed by atoms with Crippen LogP contribution in [0.3, 0.4) is 0 Å². The van der Waals surface area contributed by atoms with Gasteiger partial charge in [-0.05, 0) is 143 Å². The molecule has 482 valence electrons. The van der Waals surface area contributed by atoms with Crippen molar-refractivity contribution in [3.8, 4) is 11.5 Å². The van der Waals surface area contributed by atoms with Crippen LogP contribution in [0.2, 0.25) is 0 Å². The molecule has 1 fully saturated rings.